The highest BCUT2D eigenvalue weighted by Gasteiger charge is 2.28. The number of ketones is 1. The van der Waals surface area contributed by atoms with Gasteiger partial charge < -0.3 is 0 Å². The van der Waals surface area contributed by atoms with Gasteiger partial charge in [-0.25, -0.2) is 0 Å². The normalized spacial score (nSPS) is 12.2. The molecule has 1 aromatic heterocycles. The number of fused-ring (bicyclic) bond motifs is 4. The summed E-state index contributed by atoms with van der Waals surface area (Å²) >= 11 is 0. The summed E-state index contributed by atoms with van der Waals surface area (Å²) in [6.07, 6.45) is 0. The first-order valence-electron chi connectivity index (χ1n) is 7.83. The Morgan fingerprint density at radius 1 is 0.625 bits per heavy atom. The molecule has 4 aromatic rings. The van der Waals surface area contributed by atoms with E-state index in [0.29, 0.717) is 16.8 Å². The maximum Gasteiger partial charge on any atom is 0.196 e. The summed E-state index contributed by atoms with van der Waals surface area (Å²) in [5.41, 5.74) is 4.61. The van der Waals surface area contributed by atoms with E-state index in [1.54, 1.807) is 0 Å². The van der Waals surface area contributed by atoms with Gasteiger partial charge in [0.25, 0.3) is 0 Å². The fourth-order valence-corrected chi connectivity index (χ4v) is 3.38. The summed E-state index contributed by atoms with van der Waals surface area (Å²) in [7, 11) is 0. The van der Waals surface area contributed by atoms with Crippen molar-refractivity contribution in [2.75, 3.05) is 0 Å². The average Bonchev–Trinajstić information content (AvgIpc) is 2.94. The number of carbonyl (C=O) groups excluding carboxylic acids is 1. The molecule has 1 aliphatic carbocycles. The molecular formula is C21H12N2O. The topological polar surface area (TPSA) is 42.9 Å². The molecule has 3 heteroatoms. The fourth-order valence-electron chi connectivity index (χ4n) is 3.38. The highest BCUT2D eigenvalue weighted by Crippen LogP contribution is 2.36. The Morgan fingerprint density at radius 3 is 2.25 bits per heavy atom. The van der Waals surface area contributed by atoms with Gasteiger partial charge in [-0.3, -0.25) is 4.79 Å². The van der Waals surface area contributed by atoms with E-state index in [4.69, 9.17) is 0 Å². The largest absolute Gasteiger partial charge is 0.289 e. The molecule has 0 bridgehead atoms. The van der Waals surface area contributed by atoms with Gasteiger partial charge in [-0.05, 0) is 16.8 Å². The molecule has 5 rings (SSSR count). The standard InChI is InChI=1S/C21H12N2O/c24-21-17-10-4-3-9-16(17)20-18(21)12-19(22-23-20)15-11-5-7-13-6-1-2-8-14(13)15/h1-12H. The lowest BCUT2D eigenvalue weighted by molar-refractivity contribution is 0.104. The third-order valence-electron chi connectivity index (χ3n) is 4.53. The number of carbonyl (C=O) groups is 1. The molecular weight excluding hydrogens is 296 g/mol. The zero-order valence-electron chi connectivity index (χ0n) is 12.7. The van der Waals surface area contributed by atoms with Crippen LogP contribution < -0.4 is 0 Å². The quantitative estimate of drug-likeness (QED) is 0.457. The number of aromatic nitrogens is 2. The van der Waals surface area contributed by atoms with Gasteiger partial charge in [0.05, 0.1) is 11.3 Å². The van der Waals surface area contributed by atoms with Crippen LogP contribution in [0.25, 0.3) is 33.3 Å². The first-order chi connectivity index (χ1) is 11.8. The Labute approximate surface area is 138 Å². The maximum absolute atomic E-state index is 12.7. The lowest BCUT2D eigenvalue weighted by Crippen LogP contribution is -1.98. The van der Waals surface area contributed by atoms with E-state index in [9.17, 15) is 4.79 Å². The minimum Gasteiger partial charge on any atom is -0.289 e. The van der Waals surface area contributed by atoms with Gasteiger partial charge in [0.2, 0.25) is 0 Å². The highest BCUT2D eigenvalue weighted by atomic mass is 16.1. The molecule has 0 atom stereocenters. The van der Waals surface area contributed by atoms with Crippen molar-refractivity contribution >= 4 is 16.6 Å². The van der Waals surface area contributed by atoms with Crippen LogP contribution in [-0.4, -0.2) is 16.0 Å². The molecule has 1 heterocycles. The van der Waals surface area contributed by atoms with Gasteiger partial charge in [-0.1, -0.05) is 66.7 Å². The van der Waals surface area contributed by atoms with E-state index in [1.165, 1.54) is 0 Å². The summed E-state index contributed by atoms with van der Waals surface area (Å²) in [4.78, 5) is 12.7. The molecule has 0 saturated carbocycles. The van der Waals surface area contributed by atoms with Crippen LogP contribution in [0.4, 0.5) is 0 Å². The predicted octanol–water partition coefficient (Wildman–Crippen LogP) is 4.51. The maximum atomic E-state index is 12.7. The zero-order valence-corrected chi connectivity index (χ0v) is 12.7. The lowest BCUT2D eigenvalue weighted by atomic mass is 10.0. The van der Waals surface area contributed by atoms with Crippen LogP contribution in [0.5, 0.6) is 0 Å². The molecule has 0 spiro atoms. The Kier molecular flexibility index (Phi) is 2.65. The van der Waals surface area contributed by atoms with E-state index < -0.39 is 0 Å². The van der Waals surface area contributed by atoms with Crippen LogP contribution >= 0.6 is 0 Å². The van der Waals surface area contributed by atoms with Crippen molar-refractivity contribution in [2.45, 2.75) is 0 Å². The summed E-state index contributed by atoms with van der Waals surface area (Å²) in [6, 6.07) is 23.7. The minimum absolute atomic E-state index is 0.0250. The second kappa shape index (κ2) is 4.83. The van der Waals surface area contributed by atoms with E-state index in [0.717, 1.165) is 27.6 Å². The Morgan fingerprint density at radius 2 is 1.33 bits per heavy atom. The second-order valence-corrected chi connectivity index (χ2v) is 5.89. The van der Waals surface area contributed by atoms with E-state index in [2.05, 4.69) is 28.4 Å². The SMILES string of the molecule is O=C1c2ccccc2-c2nnc(-c3cccc4ccccc34)cc21. The molecule has 0 saturated heterocycles. The summed E-state index contributed by atoms with van der Waals surface area (Å²) < 4.78 is 0. The molecule has 0 unspecified atom stereocenters. The van der Waals surface area contributed by atoms with Crippen LogP contribution in [0.3, 0.4) is 0 Å². The van der Waals surface area contributed by atoms with Crippen molar-refractivity contribution in [3.8, 4) is 22.5 Å². The molecule has 0 fully saturated rings. The summed E-state index contributed by atoms with van der Waals surface area (Å²) in [6.45, 7) is 0. The number of nitrogens with zero attached hydrogens (tertiary/aromatic N) is 2. The molecule has 0 aliphatic heterocycles. The molecule has 0 radical (unpaired) electrons. The first-order valence-corrected chi connectivity index (χ1v) is 7.83. The summed E-state index contributed by atoms with van der Waals surface area (Å²) in [5, 5.41) is 11.0. The van der Waals surface area contributed by atoms with Crippen molar-refractivity contribution in [3.05, 3.63) is 83.9 Å². The van der Waals surface area contributed by atoms with Crippen molar-refractivity contribution in [1.29, 1.82) is 0 Å². The Balaban J connectivity index is 1.74. The average molecular weight is 308 g/mol. The van der Waals surface area contributed by atoms with Crippen molar-refractivity contribution in [2.24, 2.45) is 0 Å². The van der Waals surface area contributed by atoms with Crippen LogP contribution in [0.1, 0.15) is 15.9 Å². The van der Waals surface area contributed by atoms with Crippen LogP contribution in [-0.2, 0) is 0 Å². The smallest absolute Gasteiger partial charge is 0.196 e. The minimum atomic E-state index is 0.0250. The van der Waals surface area contributed by atoms with Crippen molar-refractivity contribution in [1.82, 2.24) is 10.2 Å². The number of rotatable bonds is 1. The third-order valence-corrected chi connectivity index (χ3v) is 4.53. The van der Waals surface area contributed by atoms with Gasteiger partial charge in [0, 0.05) is 16.7 Å². The van der Waals surface area contributed by atoms with Crippen molar-refractivity contribution in [3.63, 3.8) is 0 Å². The van der Waals surface area contributed by atoms with E-state index in [1.807, 2.05) is 54.6 Å². The molecule has 112 valence electrons. The zero-order chi connectivity index (χ0) is 16.1. The van der Waals surface area contributed by atoms with Gasteiger partial charge >= 0.3 is 0 Å². The van der Waals surface area contributed by atoms with Crippen LogP contribution in [0, 0.1) is 0 Å². The molecule has 0 N–H and O–H groups in total. The monoisotopic (exact) mass is 308 g/mol. The van der Waals surface area contributed by atoms with Gasteiger partial charge in [-0.2, -0.15) is 0 Å². The first kappa shape index (κ1) is 13.1. The second-order valence-electron chi connectivity index (χ2n) is 5.89. The number of hydrogen-bond donors (Lipinski definition) is 0. The van der Waals surface area contributed by atoms with E-state index >= 15 is 0 Å². The van der Waals surface area contributed by atoms with Gasteiger partial charge in [0.15, 0.2) is 5.78 Å². The number of benzene rings is 3. The fraction of sp³-hybridized carbons (Fsp3) is 0. The molecule has 1 aliphatic rings. The molecule has 3 nitrogen and oxygen atoms in total. The van der Waals surface area contributed by atoms with Crippen LogP contribution in [0.15, 0.2) is 72.8 Å². The van der Waals surface area contributed by atoms with Gasteiger partial charge in [-0.15, -0.1) is 10.2 Å². The lowest BCUT2D eigenvalue weighted by Gasteiger charge is -2.06. The molecule has 3 aromatic carbocycles. The Bertz CT molecular complexity index is 1130. The highest BCUT2D eigenvalue weighted by molar-refractivity contribution is 6.21. The number of hydrogen-bond acceptors (Lipinski definition) is 3. The predicted molar refractivity (Wildman–Crippen MR) is 93.8 cm³/mol. The van der Waals surface area contributed by atoms with Crippen LogP contribution in [0.2, 0.25) is 0 Å². The van der Waals surface area contributed by atoms with Crippen molar-refractivity contribution < 1.29 is 4.79 Å². The van der Waals surface area contributed by atoms with Gasteiger partial charge in [0.1, 0.15) is 5.69 Å². The van der Waals surface area contributed by atoms with E-state index in [-0.39, 0.29) is 5.78 Å². The molecule has 0 amide bonds. The Hall–Kier alpha value is -3.33. The summed E-state index contributed by atoms with van der Waals surface area (Å²) in [5.74, 6) is 0.0250. The molecule has 24 heavy (non-hydrogen) atoms. The third kappa shape index (κ3) is 1.75.